The molecule has 1 saturated heterocycles. The molecular formula is C16H17N3O3S. The Morgan fingerprint density at radius 3 is 2.83 bits per heavy atom. The molecule has 7 heteroatoms. The summed E-state index contributed by atoms with van der Waals surface area (Å²) in [6.45, 7) is 3.50. The molecule has 6 nitrogen and oxygen atoms in total. The Morgan fingerprint density at radius 2 is 2.17 bits per heavy atom. The van der Waals surface area contributed by atoms with Crippen molar-refractivity contribution in [3.8, 4) is 5.75 Å². The zero-order valence-corrected chi connectivity index (χ0v) is 13.6. The Bertz CT molecular complexity index is 712. The molecule has 2 aromatic rings. The van der Waals surface area contributed by atoms with Gasteiger partial charge < -0.3 is 15.0 Å². The van der Waals surface area contributed by atoms with Crippen molar-refractivity contribution in [1.82, 2.24) is 15.2 Å². The zero-order valence-electron chi connectivity index (χ0n) is 12.7. The maximum atomic E-state index is 12.3. The summed E-state index contributed by atoms with van der Waals surface area (Å²) in [6, 6.07) is 6.96. The van der Waals surface area contributed by atoms with Crippen LogP contribution in [0.4, 0.5) is 0 Å². The van der Waals surface area contributed by atoms with Gasteiger partial charge in [0.25, 0.3) is 5.91 Å². The molecule has 3 rings (SSSR count). The number of aryl methyl sites for hydroxylation is 1. The number of aromatic nitrogens is 1. The molecule has 1 fully saturated rings. The first-order valence-electron chi connectivity index (χ1n) is 7.31. The second-order valence-corrected chi connectivity index (χ2v) is 6.31. The SMILES string of the molecule is Cc1nc(COc2ccc(C(=O)N3CCNC(=O)C3)cc2)cs1. The normalized spacial score (nSPS) is 14.5. The van der Waals surface area contributed by atoms with E-state index in [9.17, 15) is 9.59 Å². The van der Waals surface area contributed by atoms with Crippen LogP contribution >= 0.6 is 11.3 Å². The maximum absolute atomic E-state index is 12.3. The lowest BCUT2D eigenvalue weighted by molar-refractivity contribution is -0.123. The van der Waals surface area contributed by atoms with Gasteiger partial charge in [0.1, 0.15) is 12.4 Å². The van der Waals surface area contributed by atoms with E-state index in [1.54, 1.807) is 40.5 Å². The van der Waals surface area contributed by atoms with Crippen LogP contribution in [0.1, 0.15) is 21.1 Å². The van der Waals surface area contributed by atoms with Crippen molar-refractivity contribution in [1.29, 1.82) is 0 Å². The highest BCUT2D eigenvalue weighted by Crippen LogP contribution is 2.16. The summed E-state index contributed by atoms with van der Waals surface area (Å²) in [7, 11) is 0. The summed E-state index contributed by atoms with van der Waals surface area (Å²) in [6.07, 6.45) is 0. The molecule has 1 aliphatic rings. The average Bonchev–Trinajstić information content (AvgIpc) is 2.98. The number of thiazole rings is 1. The van der Waals surface area contributed by atoms with Gasteiger partial charge in [-0.3, -0.25) is 9.59 Å². The fourth-order valence-corrected chi connectivity index (χ4v) is 2.92. The van der Waals surface area contributed by atoms with Gasteiger partial charge in [-0.2, -0.15) is 0 Å². The molecule has 0 radical (unpaired) electrons. The molecule has 120 valence electrons. The van der Waals surface area contributed by atoms with Crippen LogP contribution in [-0.2, 0) is 11.4 Å². The Balaban J connectivity index is 1.60. The lowest BCUT2D eigenvalue weighted by Crippen LogP contribution is -2.49. The van der Waals surface area contributed by atoms with Crippen LogP contribution in [0.5, 0.6) is 5.75 Å². The van der Waals surface area contributed by atoms with E-state index in [-0.39, 0.29) is 18.4 Å². The summed E-state index contributed by atoms with van der Waals surface area (Å²) in [4.78, 5) is 29.6. The first-order valence-corrected chi connectivity index (χ1v) is 8.19. The Hall–Kier alpha value is -2.41. The standard InChI is InChI=1S/C16H17N3O3S/c1-11-18-13(10-23-11)9-22-14-4-2-12(3-5-14)16(21)19-7-6-17-15(20)8-19/h2-5,10H,6-9H2,1H3,(H,17,20). The van der Waals surface area contributed by atoms with Gasteiger partial charge in [-0.05, 0) is 31.2 Å². The van der Waals surface area contributed by atoms with Crippen molar-refractivity contribution in [3.63, 3.8) is 0 Å². The number of carbonyl (C=O) groups excluding carboxylic acids is 2. The van der Waals surface area contributed by atoms with Crippen LogP contribution < -0.4 is 10.1 Å². The highest BCUT2D eigenvalue weighted by atomic mass is 32.1. The summed E-state index contributed by atoms with van der Waals surface area (Å²) in [5.41, 5.74) is 1.45. The first-order chi connectivity index (χ1) is 11.1. The second kappa shape index (κ2) is 6.78. The quantitative estimate of drug-likeness (QED) is 0.924. The van der Waals surface area contributed by atoms with Gasteiger partial charge >= 0.3 is 0 Å². The van der Waals surface area contributed by atoms with Crippen LogP contribution in [0.15, 0.2) is 29.6 Å². The van der Waals surface area contributed by atoms with Crippen LogP contribution in [0.25, 0.3) is 0 Å². The number of carbonyl (C=O) groups is 2. The fraction of sp³-hybridized carbons (Fsp3) is 0.312. The van der Waals surface area contributed by atoms with Gasteiger partial charge in [-0.1, -0.05) is 0 Å². The summed E-state index contributed by atoms with van der Waals surface area (Å²) in [5.74, 6) is 0.424. The van der Waals surface area contributed by atoms with Crippen molar-refractivity contribution < 1.29 is 14.3 Å². The van der Waals surface area contributed by atoms with Gasteiger partial charge in [0.2, 0.25) is 5.91 Å². The molecule has 0 unspecified atom stereocenters. The highest BCUT2D eigenvalue weighted by molar-refractivity contribution is 7.09. The predicted molar refractivity (Wildman–Crippen MR) is 86.5 cm³/mol. The fourth-order valence-electron chi connectivity index (χ4n) is 2.32. The summed E-state index contributed by atoms with van der Waals surface area (Å²) in [5, 5.41) is 5.68. The van der Waals surface area contributed by atoms with Crippen LogP contribution in [0.3, 0.4) is 0 Å². The number of hydrogen-bond donors (Lipinski definition) is 1. The van der Waals surface area contributed by atoms with E-state index in [0.29, 0.717) is 31.0 Å². The van der Waals surface area contributed by atoms with Crippen LogP contribution in [0, 0.1) is 6.92 Å². The number of benzene rings is 1. The van der Waals surface area contributed by atoms with Gasteiger partial charge in [0, 0.05) is 24.0 Å². The highest BCUT2D eigenvalue weighted by Gasteiger charge is 2.22. The van der Waals surface area contributed by atoms with Gasteiger partial charge in [-0.15, -0.1) is 11.3 Å². The Labute approximate surface area is 138 Å². The van der Waals surface area contributed by atoms with Gasteiger partial charge in [0.15, 0.2) is 0 Å². The topological polar surface area (TPSA) is 71.5 Å². The molecule has 0 atom stereocenters. The second-order valence-electron chi connectivity index (χ2n) is 5.25. The number of piperazine rings is 1. The Morgan fingerprint density at radius 1 is 1.39 bits per heavy atom. The van der Waals surface area contributed by atoms with Gasteiger partial charge in [0.05, 0.1) is 17.2 Å². The molecule has 0 spiro atoms. The van der Waals surface area contributed by atoms with E-state index >= 15 is 0 Å². The van der Waals surface area contributed by atoms with Crippen molar-refractivity contribution in [2.75, 3.05) is 19.6 Å². The minimum absolute atomic E-state index is 0.111. The predicted octanol–water partition coefficient (Wildman–Crippen LogP) is 1.60. The maximum Gasteiger partial charge on any atom is 0.254 e. The third-order valence-corrected chi connectivity index (χ3v) is 4.30. The lowest BCUT2D eigenvalue weighted by atomic mass is 10.2. The molecule has 2 heterocycles. The molecule has 0 bridgehead atoms. The minimum Gasteiger partial charge on any atom is -0.487 e. The minimum atomic E-state index is -0.137. The van der Waals surface area contributed by atoms with Crippen molar-refractivity contribution in [3.05, 3.63) is 45.9 Å². The molecule has 0 aliphatic carbocycles. The number of rotatable bonds is 4. The van der Waals surface area contributed by atoms with Gasteiger partial charge in [-0.25, -0.2) is 4.98 Å². The molecule has 23 heavy (non-hydrogen) atoms. The van der Waals surface area contributed by atoms with Crippen molar-refractivity contribution >= 4 is 23.2 Å². The number of hydrogen-bond acceptors (Lipinski definition) is 5. The number of amides is 2. The van der Waals surface area contributed by atoms with Crippen molar-refractivity contribution in [2.45, 2.75) is 13.5 Å². The molecule has 0 saturated carbocycles. The Kier molecular flexibility index (Phi) is 4.57. The molecule has 1 aliphatic heterocycles. The average molecular weight is 331 g/mol. The van der Waals surface area contributed by atoms with E-state index in [0.717, 1.165) is 10.7 Å². The smallest absolute Gasteiger partial charge is 0.254 e. The number of nitrogens with zero attached hydrogens (tertiary/aromatic N) is 2. The zero-order chi connectivity index (χ0) is 16.2. The molecule has 1 N–H and O–H groups in total. The van der Waals surface area contributed by atoms with E-state index < -0.39 is 0 Å². The van der Waals surface area contributed by atoms with E-state index in [4.69, 9.17) is 4.74 Å². The van der Waals surface area contributed by atoms with Crippen molar-refractivity contribution in [2.24, 2.45) is 0 Å². The number of ether oxygens (including phenoxy) is 1. The van der Waals surface area contributed by atoms with E-state index in [1.165, 1.54) is 0 Å². The molecular weight excluding hydrogens is 314 g/mol. The number of nitrogens with one attached hydrogen (secondary N) is 1. The monoisotopic (exact) mass is 331 g/mol. The third kappa shape index (κ3) is 3.87. The molecule has 1 aromatic heterocycles. The van der Waals surface area contributed by atoms with Crippen LogP contribution in [-0.4, -0.2) is 41.3 Å². The first kappa shape index (κ1) is 15.5. The summed E-state index contributed by atoms with van der Waals surface area (Å²) >= 11 is 1.59. The van der Waals surface area contributed by atoms with Crippen LogP contribution in [0.2, 0.25) is 0 Å². The molecule has 1 aromatic carbocycles. The third-order valence-electron chi connectivity index (χ3n) is 3.48. The summed E-state index contributed by atoms with van der Waals surface area (Å²) < 4.78 is 5.66. The van der Waals surface area contributed by atoms with E-state index in [1.807, 2.05) is 12.3 Å². The van der Waals surface area contributed by atoms with E-state index in [2.05, 4.69) is 10.3 Å². The lowest BCUT2D eigenvalue weighted by Gasteiger charge is -2.26. The largest absolute Gasteiger partial charge is 0.487 e. The molecule has 2 amide bonds.